The minimum Gasteiger partial charge on any atom is -0.457 e. The fourth-order valence-corrected chi connectivity index (χ4v) is 4.04. The number of aromatic nitrogens is 1. The molecule has 0 aliphatic carbocycles. The van der Waals surface area contributed by atoms with Gasteiger partial charge in [-0.3, -0.25) is 0 Å². The van der Waals surface area contributed by atoms with Gasteiger partial charge >= 0.3 is 5.97 Å². The Kier molecular flexibility index (Phi) is 5.49. The van der Waals surface area contributed by atoms with Crippen LogP contribution < -0.4 is 4.72 Å². The molecule has 0 aliphatic rings. The molecule has 0 aliphatic heterocycles. The Morgan fingerprint density at radius 2 is 1.93 bits per heavy atom. The fraction of sp³-hybridized carbons (Fsp3) is 0.200. The number of sulfonamides is 1. The van der Waals surface area contributed by atoms with Gasteiger partial charge in [-0.15, -0.1) is 0 Å². The van der Waals surface area contributed by atoms with Gasteiger partial charge in [0.15, 0.2) is 0 Å². The van der Waals surface area contributed by atoms with E-state index in [1.165, 1.54) is 24.3 Å². The number of ether oxygens (including phenoxy) is 1. The minimum absolute atomic E-state index is 0.0572. The summed E-state index contributed by atoms with van der Waals surface area (Å²) in [6.45, 7) is 3.40. The van der Waals surface area contributed by atoms with Crippen LogP contribution in [0.4, 0.5) is 0 Å². The summed E-state index contributed by atoms with van der Waals surface area (Å²) in [7, 11) is -3.62. The van der Waals surface area contributed by atoms with Crippen molar-refractivity contribution in [3.05, 3.63) is 71.5 Å². The first-order valence-electron chi connectivity index (χ1n) is 8.60. The number of pyridine rings is 1. The van der Waals surface area contributed by atoms with Crippen molar-refractivity contribution >= 4 is 21.5 Å². The van der Waals surface area contributed by atoms with Crippen molar-refractivity contribution in [3.8, 4) is 6.07 Å². The fourth-order valence-electron chi connectivity index (χ4n) is 2.79. The number of nitrogens with zero attached hydrogens (tertiary/aromatic N) is 2. The zero-order chi connectivity index (χ0) is 20.3. The minimum atomic E-state index is -3.62. The molecule has 1 aromatic carbocycles. The SMILES string of the molecule is CC(C)NS(=O)(=O)c1ccc(C(=O)OCc2cn3ccccc3c2C#N)cc1. The quantitative estimate of drug-likeness (QED) is 0.645. The standard InChI is InChI=1S/C20H19N3O4S/c1-14(2)22-28(25,26)17-8-6-15(7-9-17)20(24)27-13-16-12-23-10-4-3-5-19(23)18(16)11-21/h3-10,12,14,22H,13H2,1-2H3. The van der Waals surface area contributed by atoms with E-state index in [0.29, 0.717) is 11.1 Å². The van der Waals surface area contributed by atoms with Gasteiger partial charge in [0.2, 0.25) is 10.0 Å². The van der Waals surface area contributed by atoms with Gasteiger partial charge < -0.3 is 9.14 Å². The molecule has 2 heterocycles. The maximum Gasteiger partial charge on any atom is 0.338 e. The smallest absolute Gasteiger partial charge is 0.338 e. The summed E-state index contributed by atoms with van der Waals surface area (Å²) in [5.74, 6) is -0.597. The first-order valence-corrected chi connectivity index (χ1v) is 10.1. The van der Waals surface area contributed by atoms with Crippen LogP contribution in [-0.4, -0.2) is 24.8 Å². The number of benzene rings is 1. The predicted molar refractivity (Wildman–Crippen MR) is 103 cm³/mol. The lowest BCUT2D eigenvalue weighted by Crippen LogP contribution is -2.30. The van der Waals surface area contributed by atoms with Gasteiger partial charge in [-0.2, -0.15) is 5.26 Å². The van der Waals surface area contributed by atoms with Crippen molar-refractivity contribution in [2.45, 2.75) is 31.4 Å². The van der Waals surface area contributed by atoms with Gasteiger partial charge in [0.05, 0.1) is 21.5 Å². The summed E-state index contributed by atoms with van der Waals surface area (Å²) >= 11 is 0. The molecule has 3 rings (SSSR count). The van der Waals surface area contributed by atoms with E-state index in [2.05, 4.69) is 10.8 Å². The van der Waals surface area contributed by atoms with Crippen LogP contribution in [0.1, 0.15) is 35.3 Å². The molecular weight excluding hydrogens is 378 g/mol. The van der Waals surface area contributed by atoms with Crippen LogP contribution in [0.2, 0.25) is 0 Å². The van der Waals surface area contributed by atoms with Crippen molar-refractivity contribution in [1.29, 1.82) is 5.26 Å². The Labute approximate surface area is 163 Å². The van der Waals surface area contributed by atoms with E-state index in [4.69, 9.17) is 4.74 Å². The van der Waals surface area contributed by atoms with Crippen molar-refractivity contribution in [1.82, 2.24) is 9.12 Å². The van der Waals surface area contributed by atoms with E-state index in [-0.39, 0.29) is 23.1 Å². The third-order valence-electron chi connectivity index (χ3n) is 4.02. The molecule has 7 nitrogen and oxygen atoms in total. The number of nitriles is 1. The molecule has 0 spiro atoms. The van der Waals surface area contributed by atoms with Gasteiger partial charge in [0, 0.05) is 24.0 Å². The van der Waals surface area contributed by atoms with Crippen LogP contribution >= 0.6 is 0 Å². The number of carbonyl (C=O) groups is 1. The van der Waals surface area contributed by atoms with Crippen LogP contribution in [0.5, 0.6) is 0 Å². The molecule has 0 bridgehead atoms. The number of hydrogen-bond acceptors (Lipinski definition) is 5. The lowest BCUT2D eigenvalue weighted by Gasteiger charge is -2.10. The average molecular weight is 397 g/mol. The Balaban J connectivity index is 1.73. The van der Waals surface area contributed by atoms with Crippen LogP contribution in [-0.2, 0) is 21.4 Å². The first kappa shape index (κ1) is 19.6. The molecule has 0 unspecified atom stereocenters. The Morgan fingerprint density at radius 1 is 1.21 bits per heavy atom. The summed E-state index contributed by atoms with van der Waals surface area (Å²) in [5.41, 5.74) is 2.02. The summed E-state index contributed by atoms with van der Waals surface area (Å²) in [4.78, 5) is 12.4. The summed E-state index contributed by atoms with van der Waals surface area (Å²) in [6, 6.07) is 12.9. The Hall–Kier alpha value is -3.15. The summed E-state index contributed by atoms with van der Waals surface area (Å²) in [6.07, 6.45) is 3.56. The number of carbonyl (C=O) groups excluding carboxylic acids is 1. The first-order chi connectivity index (χ1) is 13.3. The van der Waals surface area contributed by atoms with Gasteiger partial charge in [0.25, 0.3) is 0 Å². The van der Waals surface area contributed by atoms with E-state index >= 15 is 0 Å². The third kappa shape index (κ3) is 4.06. The molecule has 3 aromatic rings. The van der Waals surface area contributed by atoms with E-state index < -0.39 is 16.0 Å². The van der Waals surface area contributed by atoms with Crippen LogP contribution in [0, 0.1) is 11.3 Å². The maximum absolute atomic E-state index is 12.3. The molecular formula is C20H19N3O4S. The van der Waals surface area contributed by atoms with Gasteiger partial charge in [-0.1, -0.05) is 6.07 Å². The zero-order valence-electron chi connectivity index (χ0n) is 15.4. The molecule has 0 radical (unpaired) electrons. The van der Waals surface area contributed by atoms with Crippen molar-refractivity contribution in [3.63, 3.8) is 0 Å². The van der Waals surface area contributed by atoms with E-state index in [9.17, 15) is 18.5 Å². The highest BCUT2D eigenvalue weighted by atomic mass is 32.2. The molecule has 0 saturated carbocycles. The predicted octanol–water partition coefficient (Wildman–Crippen LogP) is 2.85. The normalized spacial score (nSPS) is 11.5. The second-order valence-corrected chi connectivity index (χ2v) is 8.22. The Morgan fingerprint density at radius 3 is 2.57 bits per heavy atom. The summed E-state index contributed by atoms with van der Waals surface area (Å²) < 4.78 is 33.8. The van der Waals surface area contributed by atoms with Gasteiger partial charge in [-0.25, -0.2) is 17.9 Å². The molecule has 0 atom stereocenters. The highest BCUT2D eigenvalue weighted by Gasteiger charge is 2.17. The summed E-state index contributed by atoms with van der Waals surface area (Å²) in [5, 5.41) is 9.39. The number of nitrogens with one attached hydrogen (secondary N) is 1. The van der Waals surface area contributed by atoms with Crippen LogP contribution in [0.15, 0.2) is 59.8 Å². The number of rotatable bonds is 6. The molecule has 0 saturated heterocycles. The highest BCUT2D eigenvalue weighted by molar-refractivity contribution is 7.89. The lowest BCUT2D eigenvalue weighted by molar-refractivity contribution is 0.0472. The largest absolute Gasteiger partial charge is 0.457 e. The third-order valence-corrected chi connectivity index (χ3v) is 5.70. The molecule has 1 N–H and O–H groups in total. The number of hydrogen-bond donors (Lipinski definition) is 1. The monoisotopic (exact) mass is 397 g/mol. The van der Waals surface area contributed by atoms with E-state index in [1.54, 1.807) is 24.4 Å². The molecule has 2 aromatic heterocycles. The molecule has 144 valence electrons. The van der Waals surface area contributed by atoms with Gasteiger partial charge in [0.1, 0.15) is 12.7 Å². The van der Waals surface area contributed by atoms with Crippen molar-refractivity contribution in [2.24, 2.45) is 0 Å². The van der Waals surface area contributed by atoms with Crippen LogP contribution in [0.25, 0.3) is 5.52 Å². The second-order valence-electron chi connectivity index (χ2n) is 6.51. The van der Waals surface area contributed by atoms with Crippen LogP contribution in [0.3, 0.4) is 0 Å². The van der Waals surface area contributed by atoms with E-state index in [1.807, 2.05) is 24.4 Å². The molecule has 0 fully saturated rings. The molecule has 28 heavy (non-hydrogen) atoms. The lowest BCUT2D eigenvalue weighted by atomic mass is 10.2. The second kappa shape index (κ2) is 7.84. The molecule has 8 heteroatoms. The maximum atomic E-state index is 12.3. The zero-order valence-corrected chi connectivity index (χ0v) is 16.2. The number of fused-ring (bicyclic) bond motifs is 1. The number of esters is 1. The van der Waals surface area contributed by atoms with Gasteiger partial charge in [-0.05, 0) is 50.2 Å². The molecule has 0 amide bonds. The highest BCUT2D eigenvalue weighted by Crippen LogP contribution is 2.19. The van der Waals surface area contributed by atoms with E-state index in [0.717, 1.165) is 5.52 Å². The Bertz CT molecular complexity index is 1160. The topological polar surface area (TPSA) is 101 Å². The van der Waals surface area contributed by atoms with Crippen molar-refractivity contribution < 1.29 is 17.9 Å². The average Bonchev–Trinajstić information content (AvgIpc) is 3.02. The van der Waals surface area contributed by atoms with Crippen molar-refractivity contribution in [2.75, 3.05) is 0 Å².